The van der Waals surface area contributed by atoms with E-state index in [1.165, 1.54) is 55.6 Å². The smallest absolute Gasteiger partial charge is 0.137 e. The van der Waals surface area contributed by atoms with Gasteiger partial charge in [0.25, 0.3) is 0 Å². The summed E-state index contributed by atoms with van der Waals surface area (Å²) in [5, 5.41) is 4.76. The molecule has 280 valence electrons. The Labute approximate surface area is 348 Å². The predicted octanol–water partition coefficient (Wildman–Crippen LogP) is 15.5. The van der Waals surface area contributed by atoms with E-state index in [1.54, 1.807) is 0 Å². The second kappa shape index (κ2) is 12.6. The van der Waals surface area contributed by atoms with Crippen molar-refractivity contribution in [1.29, 1.82) is 0 Å². The lowest BCUT2D eigenvalue weighted by molar-refractivity contribution is 0.660. The van der Waals surface area contributed by atoms with Crippen LogP contribution in [0.25, 0.3) is 55.0 Å². The maximum Gasteiger partial charge on any atom is 0.137 e. The number of furan rings is 1. The first-order chi connectivity index (χ1) is 28.9. The molecule has 12 rings (SSSR count). The Balaban J connectivity index is 1.06. The second-order valence-corrected chi connectivity index (χ2v) is 16.9. The van der Waals surface area contributed by atoms with E-state index in [2.05, 4.69) is 201 Å². The van der Waals surface area contributed by atoms with Gasteiger partial charge in [0.15, 0.2) is 0 Å². The SMILES string of the molecule is CC1(C)c2ccccc2-c2ccc(N(c3ccc(C4(c5ccccc5)c5ccccc5-c5ccccc54)cc3)c3ccc4c(c3)oc3cc5ccccc5c(Cl)c34)cc21. The van der Waals surface area contributed by atoms with Crippen molar-refractivity contribution in [3.63, 3.8) is 0 Å². The predicted molar refractivity (Wildman–Crippen MR) is 246 cm³/mol. The average Bonchev–Trinajstić information content (AvgIpc) is 3.88. The highest BCUT2D eigenvalue weighted by atomic mass is 35.5. The summed E-state index contributed by atoms with van der Waals surface area (Å²) in [5.74, 6) is 0. The van der Waals surface area contributed by atoms with Crippen LogP contribution in [0, 0.1) is 0 Å². The molecule has 0 N–H and O–H groups in total. The zero-order chi connectivity index (χ0) is 39.5. The van der Waals surface area contributed by atoms with Crippen molar-refractivity contribution in [2.24, 2.45) is 0 Å². The first-order valence-corrected chi connectivity index (χ1v) is 20.7. The van der Waals surface area contributed by atoms with Gasteiger partial charge in [0.1, 0.15) is 11.2 Å². The Kier molecular flexibility index (Phi) is 7.28. The third kappa shape index (κ3) is 4.75. The van der Waals surface area contributed by atoms with Crippen LogP contribution in [-0.4, -0.2) is 0 Å². The summed E-state index contributed by atoms with van der Waals surface area (Å²) in [6.45, 7) is 4.68. The number of rotatable bonds is 5. The lowest BCUT2D eigenvalue weighted by Crippen LogP contribution is -2.28. The zero-order valence-corrected chi connectivity index (χ0v) is 33.5. The van der Waals surface area contributed by atoms with E-state index < -0.39 is 5.41 Å². The van der Waals surface area contributed by atoms with Crippen LogP contribution in [0.1, 0.15) is 47.2 Å². The van der Waals surface area contributed by atoms with Gasteiger partial charge in [-0.25, -0.2) is 0 Å². The van der Waals surface area contributed by atoms with Crippen LogP contribution in [-0.2, 0) is 10.8 Å². The molecule has 0 bridgehead atoms. The molecule has 3 heteroatoms. The molecule has 2 aliphatic rings. The number of fused-ring (bicyclic) bond motifs is 10. The van der Waals surface area contributed by atoms with Gasteiger partial charge < -0.3 is 9.32 Å². The van der Waals surface area contributed by atoms with Crippen LogP contribution in [0.4, 0.5) is 17.1 Å². The summed E-state index contributed by atoms with van der Waals surface area (Å²) in [7, 11) is 0. The maximum atomic E-state index is 7.12. The minimum absolute atomic E-state index is 0.149. The minimum atomic E-state index is -0.475. The highest BCUT2D eigenvalue weighted by Gasteiger charge is 2.46. The topological polar surface area (TPSA) is 16.4 Å². The third-order valence-corrected chi connectivity index (χ3v) is 13.6. The molecule has 59 heavy (non-hydrogen) atoms. The van der Waals surface area contributed by atoms with E-state index in [0.717, 1.165) is 54.8 Å². The van der Waals surface area contributed by atoms with E-state index in [-0.39, 0.29) is 5.41 Å². The van der Waals surface area contributed by atoms with Gasteiger partial charge in [-0.1, -0.05) is 171 Å². The summed E-state index contributed by atoms with van der Waals surface area (Å²) in [6, 6.07) is 70.8. The molecule has 1 heterocycles. The molecule has 0 spiro atoms. The number of hydrogen-bond donors (Lipinski definition) is 0. The molecule has 0 fully saturated rings. The summed E-state index contributed by atoms with van der Waals surface area (Å²) < 4.78 is 6.66. The Bertz CT molecular complexity index is 3280. The summed E-state index contributed by atoms with van der Waals surface area (Å²) in [6.07, 6.45) is 0. The van der Waals surface area contributed by atoms with Crippen LogP contribution in [0.2, 0.25) is 5.02 Å². The minimum Gasteiger partial charge on any atom is -0.456 e. The zero-order valence-electron chi connectivity index (χ0n) is 32.7. The Hall–Kier alpha value is -6.87. The van der Waals surface area contributed by atoms with E-state index in [1.807, 2.05) is 12.1 Å². The number of hydrogen-bond acceptors (Lipinski definition) is 2. The Morgan fingerprint density at radius 2 is 0.966 bits per heavy atom. The standard InChI is InChI=1S/C56H38ClNO/c1-55(2)47-21-11-8-18-42(47)45-30-28-39(33-50(45)55)58(40-29-31-46-51(34-40)59-52-32-35-14-6-7-17-41(35)54(57)53(46)52)38-26-24-37(25-27-38)56(36-15-4-3-5-16-36)48-22-12-9-19-43(48)44-20-10-13-23-49(44)56/h3-34H,1-2H3. The number of halogens is 1. The third-order valence-electron chi connectivity index (χ3n) is 13.2. The van der Waals surface area contributed by atoms with E-state index >= 15 is 0 Å². The second-order valence-electron chi connectivity index (χ2n) is 16.6. The maximum absolute atomic E-state index is 7.12. The van der Waals surface area contributed by atoms with Gasteiger partial charge in [0.05, 0.1) is 10.4 Å². The van der Waals surface area contributed by atoms with Crippen molar-refractivity contribution in [2.75, 3.05) is 4.90 Å². The molecule has 0 amide bonds. The molecule has 2 aliphatic carbocycles. The fraction of sp³-hybridized carbons (Fsp3) is 0.0714. The van der Waals surface area contributed by atoms with Gasteiger partial charge in [0, 0.05) is 44.7 Å². The van der Waals surface area contributed by atoms with Gasteiger partial charge in [-0.3, -0.25) is 0 Å². The van der Waals surface area contributed by atoms with Crippen molar-refractivity contribution in [3.8, 4) is 22.3 Å². The van der Waals surface area contributed by atoms with E-state index in [4.69, 9.17) is 16.0 Å². The largest absolute Gasteiger partial charge is 0.456 e. The summed E-state index contributed by atoms with van der Waals surface area (Å²) in [5.41, 5.74) is 17.1. The Morgan fingerprint density at radius 1 is 0.424 bits per heavy atom. The lowest BCUT2D eigenvalue weighted by Gasteiger charge is -2.34. The number of nitrogens with zero attached hydrogens (tertiary/aromatic N) is 1. The molecule has 0 saturated heterocycles. The molecule has 0 radical (unpaired) electrons. The van der Waals surface area contributed by atoms with Gasteiger partial charge in [-0.15, -0.1) is 0 Å². The molecule has 2 nitrogen and oxygen atoms in total. The highest BCUT2D eigenvalue weighted by molar-refractivity contribution is 6.42. The van der Waals surface area contributed by atoms with Crippen molar-refractivity contribution in [3.05, 3.63) is 233 Å². The van der Waals surface area contributed by atoms with Crippen LogP contribution >= 0.6 is 11.6 Å². The highest BCUT2D eigenvalue weighted by Crippen LogP contribution is 2.57. The van der Waals surface area contributed by atoms with Crippen LogP contribution in [0.3, 0.4) is 0 Å². The number of benzene rings is 9. The Morgan fingerprint density at radius 3 is 1.69 bits per heavy atom. The molecule has 0 saturated carbocycles. The van der Waals surface area contributed by atoms with Crippen molar-refractivity contribution >= 4 is 61.4 Å². The van der Waals surface area contributed by atoms with Crippen molar-refractivity contribution in [1.82, 2.24) is 0 Å². The fourth-order valence-electron chi connectivity index (χ4n) is 10.5. The first-order valence-electron chi connectivity index (χ1n) is 20.4. The van der Waals surface area contributed by atoms with E-state index in [0.29, 0.717) is 0 Å². The molecule has 0 atom stereocenters. The normalized spacial score (nSPS) is 14.3. The van der Waals surface area contributed by atoms with Crippen LogP contribution in [0.5, 0.6) is 0 Å². The molecule has 1 aromatic heterocycles. The van der Waals surface area contributed by atoms with Crippen LogP contribution < -0.4 is 4.90 Å². The molecule has 9 aromatic carbocycles. The van der Waals surface area contributed by atoms with Gasteiger partial charge in [0.2, 0.25) is 0 Å². The summed E-state index contributed by atoms with van der Waals surface area (Å²) >= 11 is 7.12. The molecular formula is C56H38ClNO. The van der Waals surface area contributed by atoms with E-state index in [9.17, 15) is 0 Å². The van der Waals surface area contributed by atoms with Gasteiger partial charge in [-0.2, -0.15) is 0 Å². The van der Waals surface area contributed by atoms with Crippen LogP contribution in [0.15, 0.2) is 199 Å². The molecule has 10 aromatic rings. The molecular weight excluding hydrogens is 738 g/mol. The fourth-order valence-corrected chi connectivity index (χ4v) is 10.9. The average molecular weight is 776 g/mol. The first kappa shape index (κ1) is 34.2. The van der Waals surface area contributed by atoms with Gasteiger partial charge in [-0.05, 0) is 103 Å². The van der Waals surface area contributed by atoms with Crippen molar-refractivity contribution in [2.45, 2.75) is 24.7 Å². The summed E-state index contributed by atoms with van der Waals surface area (Å²) in [4.78, 5) is 2.37. The quantitative estimate of drug-likeness (QED) is 0.173. The van der Waals surface area contributed by atoms with Crippen molar-refractivity contribution < 1.29 is 4.42 Å². The molecule has 0 unspecified atom stereocenters. The number of anilines is 3. The monoisotopic (exact) mass is 775 g/mol. The van der Waals surface area contributed by atoms with Gasteiger partial charge >= 0.3 is 0 Å². The lowest BCUT2D eigenvalue weighted by atomic mass is 9.68. The molecule has 0 aliphatic heterocycles.